The number of thiazole rings is 1. The maximum Gasteiger partial charge on any atom is 0.260 e. The molecule has 0 atom stereocenters. The summed E-state index contributed by atoms with van der Waals surface area (Å²) in [4.78, 5) is 22.1. The molecule has 0 saturated heterocycles. The number of anilines is 1. The van der Waals surface area contributed by atoms with E-state index in [2.05, 4.69) is 43.9 Å². The van der Waals surface area contributed by atoms with Gasteiger partial charge in [-0.25, -0.2) is 4.98 Å². The number of amides is 1. The van der Waals surface area contributed by atoms with E-state index in [1.165, 1.54) is 5.56 Å². The molecule has 4 nitrogen and oxygen atoms in total. The Morgan fingerprint density at radius 2 is 1.71 bits per heavy atom. The fraction of sp³-hybridized carbons (Fsp3) is 0.364. The van der Waals surface area contributed by atoms with Gasteiger partial charge in [-0.05, 0) is 49.3 Å². The van der Waals surface area contributed by atoms with E-state index in [1.807, 2.05) is 35.2 Å². The van der Waals surface area contributed by atoms with E-state index in [0.717, 1.165) is 41.4 Å². The van der Waals surface area contributed by atoms with E-state index in [-0.39, 0.29) is 18.3 Å². The summed E-state index contributed by atoms with van der Waals surface area (Å²) in [6, 6.07) is 15.8. The predicted molar refractivity (Wildman–Crippen MR) is 122 cm³/mol. The second-order valence-electron chi connectivity index (χ2n) is 6.50. The molecular formula is C22H28ClN3OS. The molecule has 28 heavy (non-hydrogen) atoms. The minimum atomic E-state index is 0. The number of carbonyl (C=O) groups is 1. The molecule has 0 N–H and O–H groups in total. The number of aromatic nitrogens is 1. The van der Waals surface area contributed by atoms with Gasteiger partial charge in [0.15, 0.2) is 5.13 Å². The molecule has 1 amide bonds. The molecule has 0 bridgehead atoms. The summed E-state index contributed by atoms with van der Waals surface area (Å²) in [6.45, 7) is 9.87. The molecule has 2 aromatic carbocycles. The fourth-order valence-corrected chi connectivity index (χ4v) is 4.15. The van der Waals surface area contributed by atoms with E-state index < -0.39 is 0 Å². The lowest BCUT2D eigenvalue weighted by Gasteiger charge is -2.24. The van der Waals surface area contributed by atoms with Gasteiger partial charge in [-0.15, -0.1) is 12.4 Å². The third-order valence-corrected chi connectivity index (χ3v) is 5.92. The van der Waals surface area contributed by atoms with E-state index in [1.54, 1.807) is 11.3 Å². The smallest absolute Gasteiger partial charge is 0.260 e. The second kappa shape index (κ2) is 10.6. The van der Waals surface area contributed by atoms with E-state index in [9.17, 15) is 4.79 Å². The number of likely N-dealkylation sites (N-methyl/N-ethyl adjacent to an activating group) is 1. The van der Waals surface area contributed by atoms with Crippen LogP contribution in [-0.2, 0) is 6.42 Å². The lowest BCUT2D eigenvalue weighted by Crippen LogP contribution is -2.38. The minimum Gasteiger partial charge on any atom is -0.302 e. The van der Waals surface area contributed by atoms with Gasteiger partial charge in [0.25, 0.3) is 5.91 Å². The highest BCUT2D eigenvalue weighted by molar-refractivity contribution is 7.22. The highest BCUT2D eigenvalue weighted by atomic mass is 35.5. The van der Waals surface area contributed by atoms with Gasteiger partial charge in [0.1, 0.15) is 0 Å². The summed E-state index contributed by atoms with van der Waals surface area (Å²) >= 11 is 1.60. The van der Waals surface area contributed by atoms with E-state index in [4.69, 9.17) is 4.98 Å². The average Bonchev–Trinajstić information content (AvgIpc) is 3.14. The molecule has 1 aromatic heterocycles. The van der Waals surface area contributed by atoms with Crippen molar-refractivity contribution >= 4 is 45.0 Å². The Bertz CT molecular complexity index is 893. The van der Waals surface area contributed by atoms with Crippen molar-refractivity contribution < 1.29 is 4.79 Å². The standard InChI is InChI=1S/C22H27N3OS.ClH/c1-4-17-12-13-19-20(16-17)27-22(23-19)25(15-14-24(5-2)6-3)21(26)18-10-8-7-9-11-18;/h7-13,16H,4-6,14-15H2,1-3H3;1H. The minimum absolute atomic E-state index is 0. The first-order valence-electron chi connectivity index (χ1n) is 9.65. The first kappa shape index (κ1) is 22.3. The van der Waals surface area contributed by atoms with E-state index >= 15 is 0 Å². The molecule has 150 valence electrons. The Morgan fingerprint density at radius 1 is 1.00 bits per heavy atom. The van der Waals surface area contributed by atoms with Gasteiger partial charge in [0.05, 0.1) is 10.2 Å². The molecule has 0 radical (unpaired) electrons. The van der Waals surface area contributed by atoms with Gasteiger partial charge in [-0.1, -0.05) is 56.4 Å². The molecule has 0 fully saturated rings. The SMILES string of the molecule is CCc1ccc2nc(N(CCN(CC)CC)C(=O)c3ccccc3)sc2c1.Cl. The zero-order valence-corrected chi connectivity index (χ0v) is 18.4. The maximum atomic E-state index is 13.2. The highest BCUT2D eigenvalue weighted by Crippen LogP contribution is 2.30. The monoisotopic (exact) mass is 417 g/mol. The number of hydrogen-bond donors (Lipinski definition) is 0. The van der Waals surface area contributed by atoms with Crippen molar-refractivity contribution in [1.29, 1.82) is 0 Å². The highest BCUT2D eigenvalue weighted by Gasteiger charge is 2.21. The van der Waals surface area contributed by atoms with Crippen molar-refractivity contribution in [2.24, 2.45) is 0 Å². The molecule has 0 saturated carbocycles. The first-order chi connectivity index (χ1) is 13.2. The molecule has 0 aliphatic rings. The van der Waals surface area contributed by atoms with Crippen LogP contribution in [0.1, 0.15) is 36.7 Å². The number of aryl methyl sites for hydroxylation is 1. The Morgan fingerprint density at radius 3 is 2.36 bits per heavy atom. The third-order valence-electron chi connectivity index (χ3n) is 4.88. The summed E-state index contributed by atoms with van der Waals surface area (Å²) in [6.07, 6.45) is 0.998. The van der Waals surface area contributed by atoms with Crippen LogP contribution in [0, 0.1) is 0 Å². The fourth-order valence-electron chi connectivity index (χ4n) is 3.09. The molecule has 0 aliphatic carbocycles. The van der Waals surface area contributed by atoms with Gasteiger partial charge in [-0.2, -0.15) is 0 Å². The van der Waals surface area contributed by atoms with Crippen LogP contribution in [0.3, 0.4) is 0 Å². The van der Waals surface area contributed by atoms with Gasteiger partial charge in [-0.3, -0.25) is 9.69 Å². The first-order valence-corrected chi connectivity index (χ1v) is 10.5. The normalized spacial score (nSPS) is 10.9. The van der Waals surface area contributed by atoms with Crippen LogP contribution in [0.15, 0.2) is 48.5 Å². The number of hydrogen-bond acceptors (Lipinski definition) is 4. The van der Waals surface area contributed by atoms with Crippen LogP contribution in [0.2, 0.25) is 0 Å². The summed E-state index contributed by atoms with van der Waals surface area (Å²) < 4.78 is 1.14. The van der Waals surface area contributed by atoms with Crippen LogP contribution in [0.4, 0.5) is 5.13 Å². The van der Waals surface area contributed by atoms with Crippen molar-refractivity contribution in [2.75, 3.05) is 31.1 Å². The number of fused-ring (bicyclic) bond motifs is 1. The molecule has 0 spiro atoms. The zero-order valence-electron chi connectivity index (χ0n) is 16.7. The van der Waals surface area contributed by atoms with Crippen molar-refractivity contribution in [2.45, 2.75) is 27.2 Å². The van der Waals surface area contributed by atoms with Crippen LogP contribution in [-0.4, -0.2) is 42.0 Å². The summed E-state index contributed by atoms with van der Waals surface area (Å²) in [5.74, 6) is 0.0116. The Hall–Kier alpha value is -1.95. The molecule has 3 aromatic rings. The zero-order chi connectivity index (χ0) is 19.2. The van der Waals surface area contributed by atoms with Gasteiger partial charge in [0.2, 0.25) is 0 Å². The average molecular weight is 418 g/mol. The Balaban J connectivity index is 0.00000280. The molecule has 3 rings (SSSR count). The summed E-state index contributed by atoms with van der Waals surface area (Å²) in [5, 5.41) is 0.777. The predicted octanol–water partition coefficient (Wildman–Crippen LogP) is 5.27. The van der Waals surface area contributed by atoms with Crippen molar-refractivity contribution in [3.63, 3.8) is 0 Å². The third kappa shape index (κ3) is 5.10. The van der Waals surface area contributed by atoms with Crippen LogP contribution >= 0.6 is 23.7 Å². The molecule has 0 aliphatic heterocycles. The maximum absolute atomic E-state index is 13.2. The number of halogens is 1. The van der Waals surface area contributed by atoms with Crippen molar-refractivity contribution in [3.05, 3.63) is 59.7 Å². The van der Waals surface area contributed by atoms with E-state index in [0.29, 0.717) is 12.1 Å². The lowest BCUT2D eigenvalue weighted by molar-refractivity contribution is 0.0984. The number of benzene rings is 2. The molecule has 1 heterocycles. The van der Waals surface area contributed by atoms with Crippen LogP contribution in [0.25, 0.3) is 10.2 Å². The quantitative estimate of drug-likeness (QED) is 0.501. The van der Waals surface area contributed by atoms with Crippen LogP contribution < -0.4 is 4.90 Å². The second-order valence-corrected chi connectivity index (χ2v) is 7.51. The van der Waals surface area contributed by atoms with Gasteiger partial charge in [0, 0.05) is 18.7 Å². The van der Waals surface area contributed by atoms with Crippen molar-refractivity contribution in [3.8, 4) is 0 Å². The lowest BCUT2D eigenvalue weighted by atomic mass is 10.2. The Kier molecular flexibility index (Phi) is 8.42. The van der Waals surface area contributed by atoms with Crippen LogP contribution in [0.5, 0.6) is 0 Å². The van der Waals surface area contributed by atoms with Gasteiger partial charge < -0.3 is 4.90 Å². The molecule has 0 unspecified atom stereocenters. The Labute approximate surface area is 177 Å². The summed E-state index contributed by atoms with van der Waals surface area (Å²) in [7, 11) is 0. The summed E-state index contributed by atoms with van der Waals surface area (Å²) in [5.41, 5.74) is 2.95. The molecular weight excluding hydrogens is 390 g/mol. The van der Waals surface area contributed by atoms with Gasteiger partial charge >= 0.3 is 0 Å². The number of rotatable bonds is 8. The largest absolute Gasteiger partial charge is 0.302 e. The number of carbonyl (C=O) groups excluding carboxylic acids is 1. The molecule has 6 heteroatoms. The topological polar surface area (TPSA) is 36.4 Å². The van der Waals surface area contributed by atoms with Crippen molar-refractivity contribution in [1.82, 2.24) is 9.88 Å². The number of nitrogens with zero attached hydrogens (tertiary/aromatic N) is 3.